The predicted molar refractivity (Wildman–Crippen MR) is 78.7 cm³/mol. The first-order chi connectivity index (χ1) is 9.55. The highest BCUT2D eigenvalue weighted by Gasteiger charge is 2.33. The van der Waals surface area contributed by atoms with E-state index in [1.165, 1.54) is 30.2 Å². The first-order valence-electron chi connectivity index (χ1n) is 6.94. The van der Waals surface area contributed by atoms with E-state index in [4.69, 9.17) is 0 Å². The summed E-state index contributed by atoms with van der Waals surface area (Å²) in [6.45, 7) is 3.83. The van der Waals surface area contributed by atoms with Crippen molar-refractivity contribution in [3.8, 4) is 6.07 Å². The summed E-state index contributed by atoms with van der Waals surface area (Å²) in [4.78, 5) is 13.5. The number of nitrogens with zero attached hydrogens (tertiary/aromatic N) is 3. The molecule has 6 heteroatoms. The van der Waals surface area contributed by atoms with E-state index in [0.717, 1.165) is 30.8 Å². The van der Waals surface area contributed by atoms with Crippen LogP contribution in [0.15, 0.2) is 12.1 Å². The van der Waals surface area contributed by atoms with Gasteiger partial charge in [0, 0.05) is 17.4 Å². The summed E-state index contributed by atoms with van der Waals surface area (Å²) in [5.41, 5.74) is -0.566. The van der Waals surface area contributed by atoms with Crippen molar-refractivity contribution in [2.45, 2.75) is 44.6 Å². The fraction of sp³-hybridized carbons (Fsp3) is 0.643. The van der Waals surface area contributed by atoms with Gasteiger partial charge in [0.15, 0.2) is 0 Å². The fourth-order valence-electron chi connectivity index (χ4n) is 2.69. The Labute approximate surface area is 123 Å². The quantitative estimate of drug-likeness (QED) is 0.630. The molecule has 0 spiro atoms. The van der Waals surface area contributed by atoms with E-state index < -0.39 is 5.54 Å². The van der Waals surface area contributed by atoms with Gasteiger partial charge < -0.3 is 0 Å². The molecule has 2 rings (SSSR count). The average Bonchev–Trinajstić information content (AvgIpc) is 2.72. The SMILES string of the molecule is CC(C#N)(Cc1ccc([N+](=O)[O-])s1)N1CCCCCC1. The highest BCUT2D eigenvalue weighted by molar-refractivity contribution is 7.15. The molecule has 0 aliphatic carbocycles. The van der Waals surface area contributed by atoms with Gasteiger partial charge >= 0.3 is 5.00 Å². The molecule has 1 saturated heterocycles. The molecular formula is C14H19N3O2S. The second-order valence-corrected chi connectivity index (χ2v) is 6.61. The second kappa shape index (κ2) is 6.33. The molecule has 1 atom stereocenters. The molecule has 1 aromatic heterocycles. The van der Waals surface area contributed by atoms with E-state index in [0.29, 0.717) is 6.42 Å². The van der Waals surface area contributed by atoms with Crippen molar-refractivity contribution in [1.82, 2.24) is 4.90 Å². The van der Waals surface area contributed by atoms with Crippen LogP contribution in [0.4, 0.5) is 5.00 Å². The molecule has 0 aromatic carbocycles. The maximum absolute atomic E-state index is 10.7. The van der Waals surface area contributed by atoms with E-state index in [-0.39, 0.29) is 9.92 Å². The molecule has 1 unspecified atom stereocenters. The van der Waals surface area contributed by atoms with Crippen molar-refractivity contribution in [2.24, 2.45) is 0 Å². The van der Waals surface area contributed by atoms with Crippen LogP contribution in [0.25, 0.3) is 0 Å². The van der Waals surface area contributed by atoms with Crippen LogP contribution in [0.2, 0.25) is 0 Å². The number of thiophene rings is 1. The second-order valence-electron chi connectivity index (χ2n) is 5.46. The minimum atomic E-state index is -0.566. The van der Waals surface area contributed by atoms with Crippen molar-refractivity contribution >= 4 is 16.3 Å². The summed E-state index contributed by atoms with van der Waals surface area (Å²) < 4.78 is 0. The Morgan fingerprint density at radius 2 is 2.05 bits per heavy atom. The topological polar surface area (TPSA) is 70.2 Å². The van der Waals surface area contributed by atoms with Crippen molar-refractivity contribution in [3.05, 3.63) is 27.1 Å². The molecule has 2 heterocycles. The first kappa shape index (κ1) is 14.9. The zero-order valence-electron chi connectivity index (χ0n) is 11.7. The van der Waals surface area contributed by atoms with E-state index >= 15 is 0 Å². The molecule has 0 radical (unpaired) electrons. The van der Waals surface area contributed by atoms with E-state index in [1.807, 2.05) is 6.92 Å². The molecule has 5 nitrogen and oxygen atoms in total. The zero-order chi connectivity index (χ0) is 14.6. The molecule has 20 heavy (non-hydrogen) atoms. The molecule has 0 N–H and O–H groups in total. The maximum atomic E-state index is 10.7. The van der Waals surface area contributed by atoms with Crippen molar-refractivity contribution < 1.29 is 4.92 Å². The summed E-state index contributed by atoms with van der Waals surface area (Å²) in [6.07, 6.45) is 5.26. The normalized spacial score (nSPS) is 19.8. The van der Waals surface area contributed by atoms with Gasteiger partial charge in [-0.25, -0.2) is 0 Å². The molecule has 0 amide bonds. The zero-order valence-corrected chi connectivity index (χ0v) is 12.5. The lowest BCUT2D eigenvalue weighted by atomic mass is 9.96. The van der Waals surface area contributed by atoms with Crippen molar-refractivity contribution in [2.75, 3.05) is 13.1 Å². The smallest absolute Gasteiger partial charge is 0.285 e. The van der Waals surface area contributed by atoms with Crippen LogP contribution in [-0.2, 0) is 6.42 Å². The summed E-state index contributed by atoms with van der Waals surface area (Å²) in [7, 11) is 0. The molecule has 1 aliphatic heterocycles. The third-order valence-corrected chi connectivity index (χ3v) is 4.93. The van der Waals surface area contributed by atoms with Gasteiger partial charge in [0.1, 0.15) is 5.54 Å². The van der Waals surface area contributed by atoms with Crippen LogP contribution in [0.1, 0.15) is 37.5 Å². The van der Waals surface area contributed by atoms with Gasteiger partial charge in [-0.3, -0.25) is 15.0 Å². The highest BCUT2D eigenvalue weighted by atomic mass is 32.1. The summed E-state index contributed by atoms with van der Waals surface area (Å²) >= 11 is 1.18. The van der Waals surface area contributed by atoms with E-state index in [2.05, 4.69) is 11.0 Å². The summed E-state index contributed by atoms with van der Waals surface area (Å²) in [5.74, 6) is 0. The van der Waals surface area contributed by atoms with Gasteiger partial charge in [-0.2, -0.15) is 5.26 Å². The minimum absolute atomic E-state index is 0.149. The molecule has 0 saturated carbocycles. The largest absolute Gasteiger partial charge is 0.324 e. The average molecular weight is 293 g/mol. The van der Waals surface area contributed by atoms with Gasteiger partial charge in [-0.15, -0.1) is 0 Å². The lowest BCUT2D eigenvalue weighted by Gasteiger charge is -2.34. The fourth-order valence-corrected chi connectivity index (χ4v) is 3.65. The molecule has 1 aliphatic rings. The van der Waals surface area contributed by atoms with Gasteiger partial charge in [0.05, 0.1) is 11.0 Å². The van der Waals surface area contributed by atoms with Crippen LogP contribution in [0.5, 0.6) is 0 Å². The Hall–Kier alpha value is -1.45. The van der Waals surface area contributed by atoms with Crippen molar-refractivity contribution in [3.63, 3.8) is 0 Å². The molecule has 108 valence electrons. The molecule has 0 bridgehead atoms. The third-order valence-electron chi connectivity index (χ3n) is 3.89. The van der Waals surface area contributed by atoms with Crippen LogP contribution < -0.4 is 0 Å². The number of hydrogen-bond donors (Lipinski definition) is 0. The Kier molecular flexibility index (Phi) is 4.73. The van der Waals surface area contributed by atoms with Crippen LogP contribution in [-0.4, -0.2) is 28.5 Å². The highest BCUT2D eigenvalue weighted by Crippen LogP contribution is 2.30. The van der Waals surface area contributed by atoms with Gasteiger partial charge in [0.25, 0.3) is 0 Å². The predicted octanol–water partition coefficient (Wildman–Crippen LogP) is 3.36. The van der Waals surface area contributed by atoms with Crippen LogP contribution in [0.3, 0.4) is 0 Å². The Morgan fingerprint density at radius 1 is 1.40 bits per heavy atom. The van der Waals surface area contributed by atoms with Crippen LogP contribution >= 0.6 is 11.3 Å². The Morgan fingerprint density at radius 3 is 2.55 bits per heavy atom. The number of nitriles is 1. The monoisotopic (exact) mass is 293 g/mol. The van der Waals surface area contributed by atoms with Crippen LogP contribution in [0, 0.1) is 21.4 Å². The van der Waals surface area contributed by atoms with Gasteiger partial charge in [-0.05, 0) is 38.9 Å². The molecular weight excluding hydrogens is 274 g/mol. The molecule has 1 aromatic rings. The number of likely N-dealkylation sites (tertiary alicyclic amines) is 1. The lowest BCUT2D eigenvalue weighted by Crippen LogP contribution is -2.47. The molecule has 1 fully saturated rings. The van der Waals surface area contributed by atoms with Gasteiger partial charge in [0.2, 0.25) is 0 Å². The third kappa shape index (κ3) is 3.35. The first-order valence-corrected chi connectivity index (χ1v) is 7.76. The van der Waals surface area contributed by atoms with Crippen molar-refractivity contribution in [1.29, 1.82) is 5.26 Å². The number of hydrogen-bond acceptors (Lipinski definition) is 5. The standard InChI is InChI=1S/C14H19N3O2S/c1-14(11-15,16-8-4-2-3-5-9-16)10-12-6-7-13(20-12)17(18)19/h6-7H,2-5,8-10H2,1H3. The lowest BCUT2D eigenvalue weighted by molar-refractivity contribution is -0.380. The minimum Gasteiger partial charge on any atom is -0.285 e. The Balaban J connectivity index is 2.13. The Bertz CT molecular complexity index is 515. The summed E-state index contributed by atoms with van der Waals surface area (Å²) in [5, 5.41) is 20.5. The summed E-state index contributed by atoms with van der Waals surface area (Å²) in [6, 6.07) is 5.73. The van der Waals surface area contributed by atoms with Gasteiger partial charge in [-0.1, -0.05) is 24.2 Å². The number of nitro groups is 1. The number of rotatable bonds is 4. The van der Waals surface area contributed by atoms with E-state index in [1.54, 1.807) is 6.07 Å². The van der Waals surface area contributed by atoms with E-state index in [9.17, 15) is 15.4 Å². The maximum Gasteiger partial charge on any atom is 0.324 e.